The number of pyridine rings is 1. The van der Waals surface area contributed by atoms with Crippen LogP contribution in [0.1, 0.15) is 30.3 Å². The highest BCUT2D eigenvalue weighted by Gasteiger charge is 2.39. The first kappa shape index (κ1) is 20.2. The van der Waals surface area contributed by atoms with Gasteiger partial charge in [-0.3, -0.25) is 4.79 Å². The summed E-state index contributed by atoms with van der Waals surface area (Å²) in [6, 6.07) is 4.69. The molecular weight excluding hydrogens is 371 g/mol. The Morgan fingerprint density at radius 1 is 1.26 bits per heavy atom. The topological polar surface area (TPSA) is 112 Å². The van der Waals surface area contributed by atoms with E-state index in [1.54, 1.807) is 22.9 Å². The Morgan fingerprint density at radius 2 is 1.85 bits per heavy atom. The number of imidazole rings is 1. The third-order valence-corrected chi connectivity index (χ3v) is 3.78. The largest absolute Gasteiger partial charge is 0.490 e. The zero-order valence-electron chi connectivity index (χ0n) is 14.1. The first-order valence-corrected chi connectivity index (χ1v) is 7.81. The van der Waals surface area contributed by atoms with Crippen molar-refractivity contribution in [1.29, 1.82) is 0 Å². The summed E-state index contributed by atoms with van der Waals surface area (Å²) in [4.78, 5) is 38.3. The van der Waals surface area contributed by atoms with Gasteiger partial charge in [-0.1, -0.05) is 6.07 Å². The molecule has 0 radical (unpaired) electrons. The maximum atomic E-state index is 12.5. The lowest BCUT2D eigenvalue weighted by Gasteiger charge is -2.25. The lowest BCUT2D eigenvalue weighted by molar-refractivity contribution is -0.192. The third-order valence-electron chi connectivity index (χ3n) is 3.78. The Labute approximate surface area is 150 Å². The molecule has 1 atom stereocenters. The molecule has 2 aromatic heterocycles. The Morgan fingerprint density at radius 3 is 2.30 bits per heavy atom. The highest BCUT2D eigenvalue weighted by molar-refractivity contribution is 5.95. The second kappa shape index (κ2) is 7.64. The van der Waals surface area contributed by atoms with Gasteiger partial charge in [0.25, 0.3) is 5.91 Å². The number of carboxylic acid groups (broad SMARTS) is 2. The van der Waals surface area contributed by atoms with Crippen molar-refractivity contribution >= 4 is 23.5 Å². The lowest BCUT2D eigenvalue weighted by atomic mass is 10.2. The molecule has 0 spiro atoms. The smallest absolute Gasteiger partial charge is 0.480 e. The van der Waals surface area contributed by atoms with E-state index in [2.05, 4.69) is 4.98 Å². The van der Waals surface area contributed by atoms with E-state index in [0.29, 0.717) is 5.65 Å². The quantitative estimate of drug-likeness (QED) is 0.830. The Kier molecular flexibility index (Phi) is 5.72. The van der Waals surface area contributed by atoms with Gasteiger partial charge in [0, 0.05) is 18.4 Å². The Hall–Kier alpha value is -3.11. The van der Waals surface area contributed by atoms with Crippen molar-refractivity contribution in [3.63, 3.8) is 0 Å². The monoisotopic (exact) mass is 387 g/mol. The summed E-state index contributed by atoms with van der Waals surface area (Å²) in [5.41, 5.74) is 0.964. The van der Waals surface area contributed by atoms with Gasteiger partial charge in [-0.15, -0.1) is 0 Å². The van der Waals surface area contributed by atoms with Crippen molar-refractivity contribution in [1.82, 2.24) is 14.3 Å². The number of fused-ring (bicyclic) bond motifs is 1. The van der Waals surface area contributed by atoms with E-state index < -0.39 is 24.2 Å². The maximum Gasteiger partial charge on any atom is 0.490 e. The normalized spacial score (nSPS) is 14.8. The first-order valence-electron chi connectivity index (χ1n) is 7.81. The van der Waals surface area contributed by atoms with Crippen LogP contribution in [-0.4, -0.2) is 60.6 Å². The summed E-state index contributed by atoms with van der Waals surface area (Å²) in [6.45, 7) is 1.54. The molecule has 1 aliphatic carbocycles. The Bertz CT molecular complexity index is 827. The van der Waals surface area contributed by atoms with E-state index >= 15 is 0 Å². The van der Waals surface area contributed by atoms with E-state index in [0.717, 1.165) is 12.8 Å². The molecule has 3 rings (SSSR count). The predicted octanol–water partition coefficient (Wildman–Crippen LogP) is 2.05. The van der Waals surface area contributed by atoms with Crippen LogP contribution in [0.5, 0.6) is 0 Å². The number of carbonyl (C=O) groups is 3. The fourth-order valence-electron chi connectivity index (χ4n) is 2.30. The first-order chi connectivity index (χ1) is 12.5. The molecule has 2 heterocycles. The highest BCUT2D eigenvalue weighted by atomic mass is 19.4. The zero-order valence-corrected chi connectivity index (χ0v) is 14.1. The van der Waals surface area contributed by atoms with Gasteiger partial charge in [0.1, 0.15) is 17.4 Å². The van der Waals surface area contributed by atoms with Crippen LogP contribution in [0.3, 0.4) is 0 Å². The number of rotatable bonds is 4. The van der Waals surface area contributed by atoms with Gasteiger partial charge in [0.15, 0.2) is 0 Å². The van der Waals surface area contributed by atoms with Crippen LogP contribution < -0.4 is 0 Å². The fourth-order valence-corrected chi connectivity index (χ4v) is 2.30. The highest BCUT2D eigenvalue weighted by Crippen LogP contribution is 2.30. The molecule has 0 aromatic carbocycles. The van der Waals surface area contributed by atoms with Crippen LogP contribution in [-0.2, 0) is 9.59 Å². The van der Waals surface area contributed by atoms with E-state index in [4.69, 9.17) is 15.0 Å². The van der Waals surface area contributed by atoms with Crippen LogP contribution in [0.2, 0.25) is 0 Å². The van der Waals surface area contributed by atoms with Crippen LogP contribution in [0.25, 0.3) is 5.65 Å². The van der Waals surface area contributed by atoms with Crippen molar-refractivity contribution in [2.24, 2.45) is 0 Å². The van der Waals surface area contributed by atoms with Crippen molar-refractivity contribution in [3.05, 3.63) is 36.3 Å². The summed E-state index contributed by atoms with van der Waals surface area (Å²) < 4.78 is 33.5. The van der Waals surface area contributed by atoms with E-state index in [9.17, 15) is 22.8 Å². The van der Waals surface area contributed by atoms with Crippen LogP contribution in [0.15, 0.2) is 30.6 Å². The van der Waals surface area contributed by atoms with Gasteiger partial charge in [-0.25, -0.2) is 14.6 Å². The minimum Gasteiger partial charge on any atom is -0.480 e. The SMILES string of the molecule is CC(C(=O)O)N(C(=O)c1cn2ccccc2n1)C1CC1.O=C(O)C(F)(F)F. The number of alkyl halides is 3. The number of hydrogen-bond donors (Lipinski definition) is 2. The molecule has 146 valence electrons. The molecule has 0 saturated heterocycles. The number of carbonyl (C=O) groups excluding carboxylic acids is 1. The van der Waals surface area contributed by atoms with Crippen molar-refractivity contribution in [2.75, 3.05) is 0 Å². The molecule has 0 aliphatic heterocycles. The molecule has 1 aliphatic rings. The number of hydrogen-bond acceptors (Lipinski definition) is 4. The van der Waals surface area contributed by atoms with Gasteiger partial charge in [0.2, 0.25) is 0 Å². The van der Waals surface area contributed by atoms with Crippen molar-refractivity contribution < 1.29 is 37.8 Å². The van der Waals surface area contributed by atoms with E-state index in [1.807, 2.05) is 12.1 Å². The fraction of sp³-hybridized carbons (Fsp3) is 0.375. The van der Waals surface area contributed by atoms with Crippen LogP contribution in [0, 0.1) is 0 Å². The van der Waals surface area contributed by atoms with E-state index in [1.165, 1.54) is 11.8 Å². The number of aromatic nitrogens is 2. The summed E-state index contributed by atoms with van der Waals surface area (Å²) in [6.07, 6.45) is 0.0796. The van der Waals surface area contributed by atoms with Gasteiger partial charge in [0.05, 0.1) is 0 Å². The minimum atomic E-state index is -5.08. The molecule has 27 heavy (non-hydrogen) atoms. The van der Waals surface area contributed by atoms with Gasteiger partial charge < -0.3 is 19.5 Å². The van der Waals surface area contributed by atoms with Crippen LogP contribution in [0.4, 0.5) is 13.2 Å². The second-order valence-electron chi connectivity index (χ2n) is 5.85. The molecule has 11 heteroatoms. The molecule has 1 saturated carbocycles. The summed E-state index contributed by atoms with van der Waals surface area (Å²) in [5, 5.41) is 16.3. The summed E-state index contributed by atoms with van der Waals surface area (Å²) in [7, 11) is 0. The molecule has 1 unspecified atom stereocenters. The summed E-state index contributed by atoms with van der Waals surface area (Å²) in [5.74, 6) is -4.06. The number of amides is 1. The molecule has 1 fully saturated rings. The average molecular weight is 387 g/mol. The number of halogens is 3. The molecular formula is C16H16F3N3O5. The molecule has 0 bridgehead atoms. The van der Waals surface area contributed by atoms with E-state index in [-0.39, 0.29) is 17.6 Å². The molecule has 2 N–H and O–H groups in total. The van der Waals surface area contributed by atoms with Crippen molar-refractivity contribution in [2.45, 2.75) is 38.0 Å². The van der Waals surface area contributed by atoms with Crippen molar-refractivity contribution in [3.8, 4) is 0 Å². The van der Waals surface area contributed by atoms with Crippen LogP contribution >= 0.6 is 0 Å². The van der Waals surface area contributed by atoms with Gasteiger partial charge >= 0.3 is 18.1 Å². The zero-order chi connectivity index (χ0) is 20.4. The van der Waals surface area contributed by atoms with Gasteiger partial charge in [-0.05, 0) is 31.9 Å². The number of carboxylic acids is 2. The summed E-state index contributed by atoms with van der Waals surface area (Å²) >= 11 is 0. The minimum absolute atomic E-state index is 0.0263. The Balaban J connectivity index is 0.000000321. The molecule has 2 aromatic rings. The predicted molar refractivity (Wildman–Crippen MR) is 85.2 cm³/mol. The van der Waals surface area contributed by atoms with Gasteiger partial charge in [-0.2, -0.15) is 13.2 Å². The number of nitrogens with zero attached hydrogens (tertiary/aromatic N) is 3. The third kappa shape index (κ3) is 4.96. The number of aliphatic carboxylic acids is 2. The average Bonchev–Trinajstić information content (AvgIpc) is 3.31. The second-order valence-corrected chi connectivity index (χ2v) is 5.85. The lowest BCUT2D eigenvalue weighted by Crippen LogP contribution is -2.44. The standard InChI is InChI=1S/C14H15N3O3.C2HF3O2/c1-9(14(19)20)17(10-5-6-10)13(18)11-8-16-7-3-2-4-12(16)15-11;3-2(4,5)1(6)7/h2-4,7-10H,5-6H2,1H3,(H,19,20);(H,6,7). The molecule has 1 amide bonds. The maximum absolute atomic E-state index is 12.5. The molecule has 8 nitrogen and oxygen atoms in total.